The second-order valence-electron chi connectivity index (χ2n) is 6.48. The van der Waals surface area contributed by atoms with Crippen molar-refractivity contribution in [3.8, 4) is 0 Å². The van der Waals surface area contributed by atoms with E-state index in [9.17, 15) is 8.42 Å². The molecule has 0 aromatic carbocycles. The summed E-state index contributed by atoms with van der Waals surface area (Å²) >= 11 is 0. The molecule has 2 atom stereocenters. The summed E-state index contributed by atoms with van der Waals surface area (Å²) in [6.45, 7) is 11.5. The number of rotatable bonds is 7. The van der Waals surface area contributed by atoms with Crippen LogP contribution in [-0.4, -0.2) is 43.9 Å². The summed E-state index contributed by atoms with van der Waals surface area (Å²) in [5, 5.41) is 3.36. The zero-order valence-corrected chi connectivity index (χ0v) is 14.3. The largest absolute Gasteiger partial charge is 0.313 e. The van der Waals surface area contributed by atoms with Gasteiger partial charge in [-0.05, 0) is 25.7 Å². The summed E-state index contributed by atoms with van der Waals surface area (Å²) in [5.74, 6) is 0.293. The molecular formula is C14H31N3O2S. The molecule has 0 amide bonds. The molecule has 5 nitrogen and oxygen atoms in total. The molecule has 2 unspecified atom stereocenters. The average Bonchev–Trinajstić information content (AvgIpc) is 2.36. The maximum absolute atomic E-state index is 12.5. The first-order chi connectivity index (χ1) is 9.24. The van der Waals surface area contributed by atoms with Crippen molar-refractivity contribution in [1.29, 1.82) is 0 Å². The Bertz CT molecular complexity index is 382. The third-order valence-electron chi connectivity index (χ3n) is 3.98. The third-order valence-corrected chi connectivity index (χ3v) is 5.75. The van der Waals surface area contributed by atoms with Crippen LogP contribution in [-0.2, 0) is 10.2 Å². The van der Waals surface area contributed by atoms with Gasteiger partial charge in [0.05, 0.1) is 0 Å². The molecule has 6 heteroatoms. The van der Waals surface area contributed by atoms with Crippen molar-refractivity contribution in [2.75, 3.05) is 13.1 Å². The normalized spacial score (nSPS) is 23.4. The van der Waals surface area contributed by atoms with E-state index in [1.165, 1.54) is 0 Å². The molecule has 1 heterocycles. The first-order valence-electron chi connectivity index (χ1n) is 7.76. The summed E-state index contributed by atoms with van der Waals surface area (Å²) in [6.07, 6.45) is 3.00. The fraction of sp³-hybridized carbons (Fsp3) is 1.00. The Kier molecular flexibility index (Phi) is 6.91. The van der Waals surface area contributed by atoms with Crippen molar-refractivity contribution in [1.82, 2.24) is 14.3 Å². The first kappa shape index (κ1) is 17.9. The molecule has 120 valence electrons. The van der Waals surface area contributed by atoms with Gasteiger partial charge < -0.3 is 5.32 Å². The van der Waals surface area contributed by atoms with Crippen molar-refractivity contribution in [2.45, 2.75) is 72.0 Å². The Balaban J connectivity index is 2.72. The van der Waals surface area contributed by atoms with Crippen LogP contribution in [0.15, 0.2) is 0 Å². The van der Waals surface area contributed by atoms with E-state index in [0.29, 0.717) is 18.5 Å². The van der Waals surface area contributed by atoms with Gasteiger partial charge in [0, 0.05) is 31.2 Å². The van der Waals surface area contributed by atoms with Gasteiger partial charge in [-0.1, -0.05) is 34.1 Å². The van der Waals surface area contributed by atoms with Crippen molar-refractivity contribution < 1.29 is 8.42 Å². The molecular weight excluding hydrogens is 274 g/mol. The van der Waals surface area contributed by atoms with Gasteiger partial charge in [-0.2, -0.15) is 17.4 Å². The molecule has 2 N–H and O–H groups in total. The molecule has 0 aromatic rings. The molecule has 1 rings (SSSR count). The number of hydrogen-bond donors (Lipinski definition) is 2. The van der Waals surface area contributed by atoms with Gasteiger partial charge in [-0.25, -0.2) is 0 Å². The Morgan fingerprint density at radius 2 is 1.80 bits per heavy atom. The molecule has 0 aliphatic carbocycles. The zero-order chi connectivity index (χ0) is 15.3. The summed E-state index contributed by atoms with van der Waals surface area (Å²) in [5.41, 5.74) is 0. The van der Waals surface area contributed by atoms with E-state index in [1.54, 1.807) is 4.31 Å². The van der Waals surface area contributed by atoms with Crippen LogP contribution in [0.5, 0.6) is 0 Å². The number of nitrogens with zero attached hydrogens (tertiary/aromatic N) is 1. The molecule has 1 aliphatic rings. The average molecular weight is 305 g/mol. The van der Waals surface area contributed by atoms with Crippen LogP contribution < -0.4 is 10.0 Å². The van der Waals surface area contributed by atoms with Gasteiger partial charge in [0.1, 0.15) is 0 Å². The van der Waals surface area contributed by atoms with Gasteiger partial charge >= 0.3 is 0 Å². The van der Waals surface area contributed by atoms with E-state index in [2.05, 4.69) is 23.9 Å². The minimum Gasteiger partial charge on any atom is -0.313 e. The van der Waals surface area contributed by atoms with Crippen molar-refractivity contribution in [2.24, 2.45) is 5.92 Å². The van der Waals surface area contributed by atoms with E-state index < -0.39 is 10.2 Å². The highest BCUT2D eigenvalue weighted by atomic mass is 32.2. The summed E-state index contributed by atoms with van der Waals surface area (Å²) < 4.78 is 29.6. The summed E-state index contributed by atoms with van der Waals surface area (Å²) in [4.78, 5) is 0. The lowest BCUT2D eigenvalue weighted by molar-refractivity contribution is 0.237. The molecule has 1 fully saturated rings. The van der Waals surface area contributed by atoms with Gasteiger partial charge in [0.2, 0.25) is 0 Å². The molecule has 0 bridgehead atoms. The smallest absolute Gasteiger partial charge is 0.279 e. The number of piperidine rings is 1. The fourth-order valence-electron chi connectivity index (χ4n) is 2.30. The predicted octanol–water partition coefficient (Wildman–Crippen LogP) is 1.72. The zero-order valence-electron chi connectivity index (χ0n) is 13.5. The maximum Gasteiger partial charge on any atom is 0.279 e. The van der Waals surface area contributed by atoms with Crippen LogP contribution in [0.3, 0.4) is 0 Å². The van der Waals surface area contributed by atoms with E-state index >= 15 is 0 Å². The Hall–Kier alpha value is -0.170. The van der Waals surface area contributed by atoms with E-state index in [0.717, 1.165) is 25.8 Å². The van der Waals surface area contributed by atoms with Crippen LogP contribution in [0.25, 0.3) is 0 Å². The Labute approximate surface area is 124 Å². The van der Waals surface area contributed by atoms with Crippen molar-refractivity contribution >= 4 is 10.2 Å². The molecule has 0 radical (unpaired) electrons. The highest BCUT2D eigenvalue weighted by molar-refractivity contribution is 7.87. The highest BCUT2D eigenvalue weighted by Crippen LogP contribution is 2.20. The summed E-state index contributed by atoms with van der Waals surface area (Å²) in [6, 6.07) is 0.410. The van der Waals surface area contributed by atoms with Crippen molar-refractivity contribution in [3.05, 3.63) is 0 Å². The monoisotopic (exact) mass is 305 g/mol. The minimum absolute atomic E-state index is 0.0411. The van der Waals surface area contributed by atoms with E-state index in [-0.39, 0.29) is 12.1 Å². The van der Waals surface area contributed by atoms with Crippen LogP contribution in [0.1, 0.15) is 53.9 Å². The SMILES string of the molecule is CC(C)NCC1CCCCN1S(=O)(=O)NC(C)C(C)C. The van der Waals surface area contributed by atoms with E-state index in [1.807, 2.05) is 20.8 Å². The standard InChI is InChI=1S/C14H31N3O2S/c1-11(2)13(5)16-20(18,19)17-9-7-6-8-14(17)10-15-12(3)4/h11-16H,6-10H2,1-5H3. The lowest BCUT2D eigenvalue weighted by Gasteiger charge is -2.36. The lowest BCUT2D eigenvalue weighted by atomic mass is 10.0. The predicted molar refractivity (Wildman–Crippen MR) is 83.8 cm³/mol. The van der Waals surface area contributed by atoms with Crippen LogP contribution >= 0.6 is 0 Å². The van der Waals surface area contributed by atoms with Gasteiger partial charge in [-0.3, -0.25) is 0 Å². The van der Waals surface area contributed by atoms with E-state index in [4.69, 9.17) is 0 Å². The molecule has 0 saturated carbocycles. The molecule has 20 heavy (non-hydrogen) atoms. The van der Waals surface area contributed by atoms with Crippen LogP contribution in [0.2, 0.25) is 0 Å². The van der Waals surface area contributed by atoms with Gasteiger partial charge in [-0.15, -0.1) is 0 Å². The molecule has 0 aromatic heterocycles. The van der Waals surface area contributed by atoms with Crippen molar-refractivity contribution in [3.63, 3.8) is 0 Å². The lowest BCUT2D eigenvalue weighted by Crippen LogP contribution is -2.54. The topological polar surface area (TPSA) is 61.4 Å². The maximum atomic E-state index is 12.5. The minimum atomic E-state index is -3.38. The van der Waals surface area contributed by atoms with Crippen LogP contribution in [0.4, 0.5) is 0 Å². The second-order valence-corrected chi connectivity index (χ2v) is 8.13. The number of nitrogens with one attached hydrogen (secondary N) is 2. The Morgan fingerprint density at radius 3 is 2.35 bits per heavy atom. The quantitative estimate of drug-likeness (QED) is 0.753. The third kappa shape index (κ3) is 5.31. The molecule has 1 saturated heterocycles. The van der Waals surface area contributed by atoms with Gasteiger partial charge in [0.25, 0.3) is 10.2 Å². The number of hydrogen-bond acceptors (Lipinski definition) is 3. The van der Waals surface area contributed by atoms with Gasteiger partial charge in [0.15, 0.2) is 0 Å². The Morgan fingerprint density at radius 1 is 1.15 bits per heavy atom. The second kappa shape index (κ2) is 7.73. The van der Waals surface area contributed by atoms with Crippen LogP contribution in [0, 0.1) is 5.92 Å². The summed E-state index contributed by atoms with van der Waals surface area (Å²) in [7, 11) is -3.38. The fourth-order valence-corrected chi connectivity index (χ4v) is 4.12. The molecule has 1 aliphatic heterocycles. The first-order valence-corrected chi connectivity index (χ1v) is 9.20. The highest BCUT2D eigenvalue weighted by Gasteiger charge is 2.33. The molecule has 0 spiro atoms.